The van der Waals surface area contributed by atoms with Crippen molar-refractivity contribution in [1.29, 1.82) is 0 Å². The molecular weight excluding hydrogens is 238 g/mol. The lowest BCUT2D eigenvalue weighted by Crippen LogP contribution is -2.36. The topological polar surface area (TPSA) is 12.0 Å². The van der Waals surface area contributed by atoms with Gasteiger partial charge in [-0.25, -0.2) is 0 Å². The minimum atomic E-state index is 0.498. The number of hydrogen-bond acceptors (Lipinski definition) is 2. The van der Waals surface area contributed by atoms with Crippen molar-refractivity contribution in [2.75, 3.05) is 6.54 Å². The highest BCUT2D eigenvalue weighted by molar-refractivity contribution is 7.11. The van der Waals surface area contributed by atoms with E-state index in [1.54, 1.807) is 9.75 Å². The van der Waals surface area contributed by atoms with Gasteiger partial charge in [-0.2, -0.15) is 0 Å². The number of thiophene rings is 1. The number of aryl methyl sites for hydroxylation is 1. The molecule has 3 rings (SSSR count). The maximum Gasteiger partial charge on any atom is 0.00684 e. The van der Waals surface area contributed by atoms with E-state index in [2.05, 4.69) is 31.3 Å². The van der Waals surface area contributed by atoms with E-state index >= 15 is 0 Å². The first-order valence-corrected chi connectivity index (χ1v) is 8.32. The summed E-state index contributed by atoms with van der Waals surface area (Å²) >= 11 is 2.03. The van der Waals surface area contributed by atoms with Crippen LogP contribution in [0.25, 0.3) is 0 Å². The summed E-state index contributed by atoms with van der Waals surface area (Å²) < 4.78 is 0. The van der Waals surface area contributed by atoms with Crippen LogP contribution in [-0.2, 0) is 12.8 Å². The molecule has 2 aliphatic carbocycles. The molecule has 0 aromatic carbocycles. The Labute approximate surface area is 115 Å². The van der Waals surface area contributed by atoms with Crippen LogP contribution in [0, 0.1) is 11.3 Å². The van der Waals surface area contributed by atoms with Crippen molar-refractivity contribution in [3.8, 4) is 0 Å². The maximum absolute atomic E-state index is 3.76. The fourth-order valence-corrected chi connectivity index (χ4v) is 4.06. The first-order chi connectivity index (χ1) is 8.69. The van der Waals surface area contributed by atoms with Crippen LogP contribution in [0.3, 0.4) is 0 Å². The van der Waals surface area contributed by atoms with Gasteiger partial charge in [0.15, 0.2) is 0 Å². The Morgan fingerprint density at radius 1 is 1.22 bits per heavy atom. The van der Waals surface area contributed by atoms with Crippen molar-refractivity contribution in [2.45, 2.75) is 58.4 Å². The van der Waals surface area contributed by atoms with Gasteiger partial charge >= 0.3 is 0 Å². The van der Waals surface area contributed by atoms with E-state index in [9.17, 15) is 0 Å². The predicted molar refractivity (Wildman–Crippen MR) is 79.3 cm³/mol. The molecule has 1 heterocycles. The Hall–Kier alpha value is -0.340. The third-order valence-corrected chi connectivity index (χ3v) is 5.81. The molecule has 2 heteroatoms. The van der Waals surface area contributed by atoms with Gasteiger partial charge in [-0.15, -0.1) is 11.3 Å². The quantitative estimate of drug-likeness (QED) is 0.783. The number of nitrogens with one attached hydrogen (secondary N) is 1. The number of hydrogen-bond donors (Lipinski definition) is 1. The zero-order chi connectivity index (χ0) is 12.6. The lowest BCUT2D eigenvalue weighted by molar-refractivity contribution is 0.256. The van der Waals surface area contributed by atoms with E-state index < -0.39 is 0 Å². The molecule has 2 aliphatic rings. The largest absolute Gasteiger partial charge is 0.313 e. The molecule has 18 heavy (non-hydrogen) atoms. The second kappa shape index (κ2) is 4.97. The molecule has 2 saturated carbocycles. The molecule has 0 saturated heterocycles. The highest BCUT2D eigenvalue weighted by atomic mass is 32.1. The Kier molecular flexibility index (Phi) is 3.50. The summed E-state index contributed by atoms with van der Waals surface area (Å²) in [4.78, 5) is 3.14. The highest BCUT2D eigenvalue weighted by Gasteiger charge is 2.42. The minimum absolute atomic E-state index is 0.498. The van der Waals surface area contributed by atoms with Crippen LogP contribution in [0.4, 0.5) is 0 Å². The van der Waals surface area contributed by atoms with Crippen LogP contribution < -0.4 is 5.32 Å². The van der Waals surface area contributed by atoms with Gasteiger partial charge in [0.25, 0.3) is 0 Å². The average Bonchev–Trinajstić information content (AvgIpc) is 3.25. The number of rotatable bonds is 7. The highest BCUT2D eigenvalue weighted by Crippen LogP contribution is 2.48. The van der Waals surface area contributed by atoms with E-state index in [4.69, 9.17) is 0 Å². The smallest absolute Gasteiger partial charge is 0.00684 e. The minimum Gasteiger partial charge on any atom is -0.313 e. The summed E-state index contributed by atoms with van der Waals surface area (Å²) in [6.07, 6.45) is 8.18. The van der Waals surface area contributed by atoms with Crippen LogP contribution in [0.1, 0.15) is 49.3 Å². The molecule has 0 spiro atoms. The maximum atomic E-state index is 3.76. The lowest BCUT2D eigenvalue weighted by atomic mass is 9.81. The molecule has 0 bridgehead atoms. The fraction of sp³-hybridized carbons (Fsp3) is 0.750. The first kappa shape index (κ1) is 12.7. The third-order valence-electron chi connectivity index (χ3n) is 4.58. The van der Waals surface area contributed by atoms with Crippen LogP contribution in [-0.4, -0.2) is 12.6 Å². The Morgan fingerprint density at radius 2 is 1.94 bits per heavy atom. The third kappa shape index (κ3) is 2.97. The van der Waals surface area contributed by atoms with Gasteiger partial charge in [0.2, 0.25) is 0 Å². The monoisotopic (exact) mass is 263 g/mol. The zero-order valence-corrected chi connectivity index (χ0v) is 12.5. The molecule has 2 fully saturated rings. The zero-order valence-electron chi connectivity index (χ0n) is 11.7. The van der Waals surface area contributed by atoms with Crippen LogP contribution in [0.15, 0.2) is 12.1 Å². The Morgan fingerprint density at radius 3 is 2.50 bits per heavy atom. The van der Waals surface area contributed by atoms with E-state index in [0.29, 0.717) is 5.41 Å². The Balaban J connectivity index is 1.64. The van der Waals surface area contributed by atoms with Crippen molar-refractivity contribution in [3.63, 3.8) is 0 Å². The fourth-order valence-electron chi connectivity index (χ4n) is 2.90. The summed E-state index contributed by atoms with van der Waals surface area (Å²) in [5, 5.41) is 3.76. The van der Waals surface area contributed by atoms with Gasteiger partial charge in [-0.3, -0.25) is 0 Å². The van der Waals surface area contributed by atoms with Gasteiger partial charge in [0.05, 0.1) is 0 Å². The lowest BCUT2D eigenvalue weighted by Gasteiger charge is -2.30. The molecule has 0 aliphatic heterocycles. The average molecular weight is 263 g/mol. The summed E-state index contributed by atoms with van der Waals surface area (Å²) in [5.74, 6) is 0.968. The molecular formula is C16H25NS. The van der Waals surface area contributed by atoms with Crippen LogP contribution in [0.2, 0.25) is 0 Å². The van der Waals surface area contributed by atoms with Crippen LogP contribution in [0.5, 0.6) is 0 Å². The summed E-state index contributed by atoms with van der Waals surface area (Å²) in [7, 11) is 0. The van der Waals surface area contributed by atoms with E-state index in [1.807, 2.05) is 11.3 Å². The molecule has 1 unspecified atom stereocenters. The SMILES string of the molecule is CCc1ccc(CC(C)(CNC2CC2)C2CC2)s1. The van der Waals surface area contributed by atoms with Crippen molar-refractivity contribution >= 4 is 11.3 Å². The van der Waals surface area contributed by atoms with Gasteiger partial charge < -0.3 is 5.32 Å². The standard InChI is InChI=1S/C16H25NS/c1-3-14-8-9-15(18-14)10-16(2,12-4-5-12)11-17-13-6-7-13/h8-9,12-13,17H,3-7,10-11H2,1-2H3. The second-order valence-electron chi connectivity index (χ2n) is 6.48. The molecule has 1 nitrogen and oxygen atoms in total. The van der Waals surface area contributed by atoms with Gasteiger partial charge in [-0.05, 0) is 62.0 Å². The van der Waals surface area contributed by atoms with Gasteiger partial charge in [0.1, 0.15) is 0 Å². The van der Waals surface area contributed by atoms with Gasteiger partial charge in [0, 0.05) is 22.3 Å². The molecule has 1 aromatic rings. The second-order valence-corrected chi connectivity index (χ2v) is 7.73. The van der Waals surface area contributed by atoms with Crippen molar-refractivity contribution in [3.05, 3.63) is 21.9 Å². The molecule has 1 aromatic heterocycles. The molecule has 0 amide bonds. The summed E-state index contributed by atoms with van der Waals surface area (Å²) in [6.45, 7) is 5.98. The summed E-state index contributed by atoms with van der Waals surface area (Å²) in [5.41, 5.74) is 0.498. The molecule has 1 N–H and O–H groups in total. The van der Waals surface area contributed by atoms with E-state index in [-0.39, 0.29) is 0 Å². The molecule has 100 valence electrons. The summed E-state index contributed by atoms with van der Waals surface area (Å²) in [6, 6.07) is 5.53. The molecule has 0 radical (unpaired) electrons. The Bertz CT molecular complexity index is 403. The van der Waals surface area contributed by atoms with E-state index in [1.165, 1.54) is 45.1 Å². The van der Waals surface area contributed by atoms with Crippen molar-refractivity contribution in [1.82, 2.24) is 5.32 Å². The first-order valence-electron chi connectivity index (χ1n) is 7.50. The van der Waals surface area contributed by atoms with E-state index in [0.717, 1.165) is 12.0 Å². The van der Waals surface area contributed by atoms with Crippen LogP contribution >= 0.6 is 11.3 Å². The van der Waals surface area contributed by atoms with Crippen molar-refractivity contribution in [2.24, 2.45) is 11.3 Å². The predicted octanol–water partition coefficient (Wildman–Crippen LogP) is 4.02. The normalized spacial score (nSPS) is 23.0. The molecule has 1 atom stereocenters. The van der Waals surface area contributed by atoms with Gasteiger partial charge in [-0.1, -0.05) is 13.8 Å². The van der Waals surface area contributed by atoms with Crippen molar-refractivity contribution < 1.29 is 0 Å².